The zero-order valence-electron chi connectivity index (χ0n) is 13.2. The van der Waals surface area contributed by atoms with Crippen LogP contribution in [-0.4, -0.2) is 11.6 Å². The second kappa shape index (κ2) is 7.25. The quantitative estimate of drug-likeness (QED) is 0.708. The molecule has 1 atom stereocenters. The van der Waals surface area contributed by atoms with Crippen LogP contribution in [0.15, 0.2) is 40.3 Å². The van der Waals surface area contributed by atoms with Crippen LogP contribution >= 0.6 is 23.2 Å². The smallest absolute Gasteiger partial charge is 0.401 e. The number of aromatic nitrogens is 1. The first-order chi connectivity index (χ1) is 11.6. The Balaban J connectivity index is 2.76. The van der Waals surface area contributed by atoms with Gasteiger partial charge in [-0.1, -0.05) is 29.8 Å². The standard InChI is InChI=1S/C16H15Cl2F4N3/c1-3-25-13(16(20,21)22)7-10(18)14(15(25)24-2)8-4-5-12(23)9(17)6-11(8)19/h3,6-8H,1,4-5,23H2,2H3. The monoisotopic (exact) mass is 395 g/mol. The zero-order chi connectivity index (χ0) is 18.9. The number of hydrogen-bond acceptors (Lipinski definition) is 2. The van der Waals surface area contributed by atoms with Gasteiger partial charge in [-0.05, 0) is 25.0 Å². The molecule has 1 aromatic rings. The lowest BCUT2D eigenvalue weighted by Gasteiger charge is -2.21. The molecule has 0 spiro atoms. The van der Waals surface area contributed by atoms with Crippen LogP contribution in [0.5, 0.6) is 0 Å². The summed E-state index contributed by atoms with van der Waals surface area (Å²) in [5.74, 6) is -1.57. The minimum Gasteiger partial charge on any atom is -0.401 e. The summed E-state index contributed by atoms with van der Waals surface area (Å²) >= 11 is 12.0. The maximum Gasteiger partial charge on any atom is 0.431 e. The highest BCUT2D eigenvalue weighted by Crippen LogP contribution is 2.39. The van der Waals surface area contributed by atoms with E-state index in [4.69, 9.17) is 28.9 Å². The Labute approximate surface area is 151 Å². The number of alkyl halides is 3. The average Bonchev–Trinajstić information content (AvgIpc) is 2.65. The normalized spacial score (nSPS) is 19.7. The Bertz CT molecular complexity index is 835. The van der Waals surface area contributed by atoms with Gasteiger partial charge in [-0.15, -0.1) is 0 Å². The van der Waals surface area contributed by atoms with Crippen molar-refractivity contribution in [2.45, 2.75) is 24.9 Å². The van der Waals surface area contributed by atoms with E-state index in [0.717, 1.165) is 22.9 Å². The van der Waals surface area contributed by atoms with Crippen molar-refractivity contribution in [1.29, 1.82) is 0 Å². The third kappa shape index (κ3) is 3.77. The number of halogens is 6. The summed E-state index contributed by atoms with van der Waals surface area (Å²) < 4.78 is 55.1. The number of pyridine rings is 1. The van der Waals surface area contributed by atoms with Crippen molar-refractivity contribution in [1.82, 2.24) is 4.57 Å². The van der Waals surface area contributed by atoms with Gasteiger partial charge in [-0.3, -0.25) is 9.56 Å². The van der Waals surface area contributed by atoms with E-state index in [-0.39, 0.29) is 33.9 Å². The molecular formula is C16H15Cl2F4N3. The fraction of sp³-hybridized carbons (Fsp3) is 0.312. The van der Waals surface area contributed by atoms with E-state index in [1.165, 1.54) is 7.05 Å². The van der Waals surface area contributed by atoms with Crippen LogP contribution in [0.25, 0.3) is 6.20 Å². The van der Waals surface area contributed by atoms with Crippen molar-refractivity contribution in [2.75, 3.05) is 7.05 Å². The molecule has 1 unspecified atom stereocenters. The van der Waals surface area contributed by atoms with E-state index < -0.39 is 23.6 Å². The highest BCUT2D eigenvalue weighted by Gasteiger charge is 2.36. The lowest BCUT2D eigenvalue weighted by Crippen LogP contribution is -2.30. The summed E-state index contributed by atoms with van der Waals surface area (Å²) in [7, 11) is 1.30. The first-order valence-electron chi connectivity index (χ1n) is 7.20. The van der Waals surface area contributed by atoms with Crippen LogP contribution in [-0.2, 0) is 6.18 Å². The van der Waals surface area contributed by atoms with E-state index in [1.54, 1.807) is 0 Å². The van der Waals surface area contributed by atoms with Gasteiger partial charge in [0.1, 0.15) is 17.0 Å². The van der Waals surface area contributed by atoms with Crippen molar-refractivity contribution in [3.05, 3.63) is 57.0 Å². The minimum atomic E-state index is -4.68. The molecule has 0 saturated carbocycles. The topological polar surface area (TPSA) is 43.3 Å². The molecule has 1 aliphatic carbocycles. The molecule has 0 fully saturated rings. The number of hydrogen-bond donors (Lipinski definition) is 1. The van der Waals surface area contributed by atoms with Crippen LogP contribution in [0.4, 0.5) is 17.6 Å². The van der Waals surface area contributed by atoms with Gasteiger partial charge in [0.25, 0.3) is 0 Å². The molecule has 0 radical (unpaired) electrons. The molecule has 0 saturated heterocycles. The molecule has 1 heterocycles. The summed E-state index contributed by atoms with van der Waals surface area (Å²) in [6.07, 6.45) is -2.21. The molecule has 0 aromatic carbocycles. The van der Waals surface area contributed by atoms with Crippen molar-refractivity contribution < 1.29 is 17.6 Å². The first kappa shape index (κ1) is 19.6. The average molecular weight is 396 g/mol. The molecule has 1 aliphatic rings. The number of rotatable bonds is 2. The molecule has 2 N–H and O–H groups in total. The van der Waals surface area contributed by atoms with E-state index >= 15 is 0 Å². The predicted molar refractivity (Wildman–Crippen MR) is 90.6 cm³/mol. The van der Waals surface area contributed by atoms with Crippen molar-refractivity contribution in [3.63, 3.8) is 0 Å². The van der Waals surface area contributed by atoms with Gasteiger partial charge < -0.3 is 5.73 Å². The van der Waals surface area contributed by atoms with Gasteiger partial charge in [0.05, 0.1) is 10.1 Å². The molecule has 3 nitrogen and oxygen atoms in total. The largest absolute Gasteiger partial charge is 0.431 e. The predicted octanol–water partition coefficient (Wildman–Crippen LogP) is 4.93. The SMILES string of the molecule is C=Cn1c(C(F)(F)F)cc(Cl)c(C2CCC(N)=C(Cl)C=C2F)c1=NC. The summed E-state index contributed by atoms with van der Waals surface area (Å²) in [5.41, 5.74) is 4.99. The molecule has 0 bridgehead atoms. The van der Waals surface area contributed by atoms with Gasteiger partial charge >= 0.3 is 6.18 Å². The molecule has 136 valence electrons. The van der Waals surface area contributed by atoms with E-state index in [0.29, 0.717) is 5.70 Å². The Morgan fingerprint density at radius 2 is 2.04 bits per heavy atom. The Kier molecular flexibility index (Phi) is 5.68. The summed E-state index contributed by atoms with van der Waals surface area (Å²) in [6, 6.07) is 0.740. The van der Waals surface area contributed by atoms with Crippen LogP contribution in [0.3, 0.4) is 0 Å². The maximum absolute atomic E-state index is 14.6. The van der Waals surface area contributed by atoms with Gasteiger partial charge in [0, 0.05) is 30.4 Å². The van der Waals surface area contributed by atoms with Crippen LogP contribution in [0.2, 0.25) is 5.02 Å². The van der Waals surface area contributed by atoms with Crippen LogP contribution < -0.4 is 11.2 Å². The molecule has 2 rings (SSSR count). The first-order valence-corrected chi connectivity index (χ1v) is 7.96. The number of nitrogens with two attached hydrogens (primary N) is 1. The van der Waals surface area contributed by atoms with Crippen LogP contribution in [0, 0.1) is 0 Å². The molecular weight excluding hydrogens is 381 g/mol. The Hall–Kier alpha value is -1.73. The van der Waals surface area contributed by atoms with Crippen molar-refractivity contribution in [3.8, 4) is 0 Å². The fourth-order valence-electron chi connectivity index (χ4n) is 2.73. The van der Waals surface area contributed by atoms with Gasteiger partial charge in [0.2, 0.25) is 0 Å². The van der Waals surface area contributed by atoms with Gasteiger partial charge in [-0.2, -0.15) is 13.2 Å². The summed E-state index contributed by atoms with van der Waals surface area (Å²) in [4.78, 5) is 3.89. The third-order valence-corrected chi connectivity index (χ3v) is 4.55. The van der Waals surface area contributed by atoms with Crippen molar-refractivity contribution in [2.24, 2.45) is 10.7 Å². The van der Waals surface area contributed by atoms with Crippen LogP contribution in [0.1, 0.15) is 30.0 Å². The molecule has 9 heteroatoms. The van der Waals surface area contributed by atoms with E-state index in [9.17, 15) is 17.6 Å². The number of nitrogens with zero attached hydrogens (tertiary/aromatic N) is 2. The molecule has 25 heavy (non-hydrogen) atoms. The number of allylic oxidation sites excluding steroid dienone is 4. The highest BCUT2D eigenvalue weighted by molar-refractivity contribution is 6.32. The lowest BCUT2D eigenvalue weighted by molar-refractivity contribution is -0.142. The lowest BCUT2D eigenvalue weighted by atomic mass is 9.93. The highest BCUT2D eigenvalue weighted by atomic mass is 35.5. The zero-order valence-corrected chi connectivity index (χ0v) is 14.7. The Morgan fingerprint density at radius 1 is 1.40 bits per heavy atom. The molecule has 0 aliphatic heterocycles. The second-order valence-corrected chi connectivity index (χ2v) is 6.20. The van der Waals surface area contributed by atoms with E-state index in [2.05, 4.69) is 11.6 Å². The summed E-state index contributed by atoms with van der Waals surface area (Å²) in [6.45, 7) is 3.39. The van der Waals surface area contributed by atoms with E-state index in [1.807, 2.05) is 0 Å². The third-order valence-electron chi connectivity index (χ3n) is 3.89. The Morgan fingerprint density at radius 3 is 2.56 bits per heavy atom. The maximum atomic E-state index is 14.6. The van der Waals surface area contributed by atoms with Crippen molar-refractivity contribution >= 4 is 29.4 Å². The molecule has 0 amide bonds. The summed E-state index contributed by atoms with van der Waals surface area (Å²) in [5, 5.41) is -0.175. The molecule has 1 aromatic heterocycles. The fourth-order valence-corrected chi connectivity index (χ4v) is 3.24. The second-order valence-electron chi connectivity index (χ2n) is 5.38. The van der Waals surface area contributed by atoms with Gasteiger partial charge in [-0.25, -0.2) is 4.39 Å². The van der Waals surface area contributed by atoms with Gasteiger partial charge in [0.15, 0.2) is 0 Å². The minimum absolute atomic E-state index is 0.0645.